The third kappa shape index (κ3) is 6.56. The summed E-state index contributed by atoms with van der Waals surface area (Å²) in [5.41, 5.74) is 0.501. The number of hydrogen-bond acceptors (Lipinski definition) is 6. The lowest BCUT2D eigenvalue weighted by Gasteiger charge is -2.25. The Balaban J connectivity index is 1.46. The minimum Gasteiger partial charge on any atom is -0.486 e. The standard InChI is InChI=1S/C21H26N2O5S2/c1-30(25,26)23(17-9-10-19-20(16-17)28-14-13-27-19)12-5-8-21(24)22-11-15-29-18-6-3-2-4-7-18/h2-4,6-7,9-10,16H,5,8,11-15H2,1H3,(H,22,24). The fourth-order valence-corrected chi connectivity index (χ4v) is 4.77. The Bertz CT molecular complexity index is 951. The average Bonchev–Trinajstić information content (AvgIpc) is 2.74. The first-order valence-corrected chi connectivity index (χ1v) is 12.6. The van der Waals surface area contributed by atoms with Crippen molar-refractivity contribution in [1.82, 2.24) is 5.32 Å². The van der Waals surface area contributed by atoms with Crippen LogP contribution in [0, 0.1) is 0 Å². The molecule has 0 radical (unpaired) electrons. The minimum absolute atomic E-state index is 0.0840. The normalized spacial score (nSPS) is 13.0. The Kier molecular flexibility index (Phi) is 7.87. The third-order valence-corrected chi connectivity index (χ3v) is 6.62. The molecule has 0 saturated heterocycles. The summed E-state index contributed by atoms with van der Waals surface area (Å²) in [6.07, 6.45) is 1.83. The van der Waals surface area contributed by atoms with Crippen LogP contribution in [0.1, 0.15) is 12.8 Å². The summed E-state index contributed by atoms with van der Waals surface area (Å²) in [6, 6.07) is 15.1. The monoisotopic (exact) mass is 450 g/mol. The van der Waals surface area contributed by atoms with E-state index in [2.05, 4.69) is 5.32 Å². The van der Waals surface area contributed by atoms with E-state index < -0.39 is 10.0 Å². The van der Waals surface area contributed by atoms with E-state index in [4.69, 9.17) is 9.47 Å². The van der Waals surface area contributed by atoms with Gasteiger partial charge in [0.25, 0.3) is 0 Å². The van der Waals surface area contributed by atoms with Crippen LogP contribution in [0.3, 0.4) is 0 Å². The van der Waals surface area contributed by atoms with E-state index in [1.807, 2.05) is 30.3 Å². The van der Waals surface area contributed by atoms with E-state index in [0.29, 0.717) is 43.4 Å². The van der Waals surface area contributed by atoms with Gasteiger partial charge in [-0.1, -0.05) is 18.2 Å². The maximum Gasteiger partial charge on any atom is 0.232 e. The van der Waals surface area contributed by atoms with Crippen LogP contribution in [0.4, 0.5) is 5.69 Å². The van der Waals surface area contributed by atoms with Gasteiger partial charge in [-0.2, -0.15) is 0 Å². The highest BCUT2D eigenvalue weighted by Gasteiger charge is 2.21. The quantitative estimate of drug-likeness (QED) is 0.443. The molecule has 1 amide bonds. The molecule has 1 N–H and O–H groups in total. The van der Waals surface area contributed by atoms with Crippen molar-refractivity contribution in [2.45, 2.75) is 17.7 Å². The van der Waals surface area contributed by atoms with Gasteiger partial charge >= 0.3 is 0 Å². The number of nitrogens with zero attached hydrogens (tertiary/aromatic N) is 1. The molecule has 1 aliphatic heterocycles. The number of ether oxygens (including phenoxy) is 2. The van der Waals surface area contributed by atoms with E-state index in [1.165, 1.54) is 4.31 Å². The number of nitrogens with one attached hydrogen (secondary N) is 1. The van der Waals surface area contributed by atoms with Crippen molar-refractivity contribution < 1.29 is 22.7 Å². The highest BCUT2D eigenvalue weighted by molar-refractivity contribution is 7.99. The molecule has 9 heteroatoms. The maximum absolute atomic E-state index is 12.3. The molecule has 1 aliphatic rings. The van der Waals surface area contributed by atoms with Gasteiger partial charge in [-0.25, -0.2) is 8.42 Å². The van der Waals surface area contributed by atoms with Gasteiger partial charge in [0, 0.05) is 36.2 Å². The smallest absolute Gasteiger partial charge is 0.232 e. The lowest BCUT2D eigenvalue weighted by atomic mass is 10.2. The number of thioether (sulfide) groups is 1. The predicted molar refractivity (Wildman–Crippen MR) is 119 cm³/mol. The number of fused-ring (bicyclic) bond motifs is 1. The Hall–Kier alpha value is -2.39. The van der Waals surface area contributed by atoms with Gasteiger partial charge in [0.1, 0.15) is 13.2 Å². The Labute approximate surface area is 181 Å². The topological polar surface area (TPSA) is 84.9 Å². The highest BCUT2D eigenvalue weighted by Crippen LogP contribution is 2.34. The summed E-state index contributed by atoms with van der Waals surface area (Å²) in [5.74, 6) is 1.83. The number of carbonyl (C=O) groups excluding carboxylic acids is 1. The number of benzene rings is 2. The van der Waals surface area contributed by atoms with Gasteiger partial charge < -0.3 is 14.8 Å². The molecule has 2 aromatic rings. The van der Waals surface area contributed by atoms with Crippen molar-refractivity contribution in [1.29, 1.82) is 0 Å². The van der Waals surface area contributed by atoms with Crippen molar-refractivity contribution in [3.8, 4) is 11.5 Å². The molecule has 1 heterocycles. The van der Waals surface area contributed by atoms with E-state index >= 15 is 0 Å². The van der Waals surface area contributed by atoms with Crippen LogP contribution in [0.2, 0.25) is 0 Å². The number of carbonyl (C=O) groups is 1. The fourth-order valence-electron chi connectivity index (χ4n) is 3.02. The second kappa shape index (κ2) is 10.6. The van der Waals surface area contributed by atoms with E-state index in [9.17, 15) is 13.2 Å². The number of sulfonamides is 1. The fraction of sp³-hybridized carbons (Fsp3) is 0.381. The van der Waals surface area contributed by atoms with Crippen molar-refractivity contribution in [3.05, 3.63) is 48.5 Å². The van der Waals surface area contributed by atoms with E-state index in [1.54, 1.807) is 30.0 Å². The van der Waals surface area contributed by atoms with Crippen molar-refractivity contribution in [2.75, 3.05) is 42.6 Å². The molecule has 30 heavy (non-hydrogen) atoms. The van der Waals surface area contributed by atoms with Crippen LogP contribution in [-0.4, -0.2) is 52.6 Å². The molecule has 0 aliphatic carbocycles. The molecule has 0 spiro atoms. The van der Waals surface area contributed by atoms with Crippen LogP contribution in [-0.2, 0) is 14.8 Å². The molecule has 0 atom stereocenters. The van der Waals surface area contributed by atoms with Gasteiger partial charge in [-0.15, -0.1) is 11.8 Å². The lowest BCUT2D eigenvalue weighted by molar-refractivity contribution is -0.121. The summed E-state index contributed by atoms with van der Waals surface area (Å²) in [4.78, 5) is 13.3. The minimum atomic E-state index is -3.49. The van der Waals surface area contributed by atoms with Crippen molar-refractivity contribution in [2.24, 2.45) is 0 Å². The number of rotatable bonds is 10. The van der Waals surface area contributed by atoms with Crippen LogP contribution in [0.15, 0.2) is 53.4 Å². The van der Waals surface area contributed by atoms with Gasteiger partial charge in [-0.05, 0) is 30.7 Å². The molecule has 7 nitrogen and oxygen atoms in total. The summed E-state index contributed by atoms with van der Waals surface area (Å²) in [6.45, 7) is 1.68. The second-order valence-corrected chi connectivity index (χ2v) is 9.85. The molecule has 162 valence electrons. The summed E-state index contributed by atoms with van der Waals surface area (Å²) >= 11 is 1.68. The SMILES string of the molecule is CS(=O)(=O)N(CCCC(=O)NCCSc1ccccc1)c1ccc2c(c1)OCCO2. The zero-order chi connectivity index (χ0) is 21.4. The lowest BCUT2D eigenvalue weighted by Crippen LogP contribution is -2.32. The molecule has 2 aromatic carbocycles. The van der Waals surface area contributed by atoms with E-state index in [0.717, 1.165) is 16.9 Å². The molecule has 3 rings (SSSR count). The first kappa shape index (κ1) is 22.3. The average molecular weight is 451 g/mol. The number of anilines is 1. The Morgan fingerprint density at radius 1 is 1.10 bits per heavy atom. The highest BCUT2D eigenvalue weighted by atomic mass is 32.2. The molecule has 0 aromatic heterocycles. The Morgan fingerprint density at radius 2 is 1.83 bits per heavy atom. The van der Waals surface area contributed by atoms with E-state index in [-0.39, 0.29) is 18.9 Å². The molecule has 0 fully saturated rings. The molecular weight excluding hydrogens is 424 g/mol. The Morgan fingerprint density at radius 3 is 2.57 bits per heavy atom. The van der Waals surface area contributed by atoms with Crippen molar-refractivity contribution >= 4 is 33.4 Å². The summed E-state index contributed by atoms with van der Waals surface area (Å²) < 4.78 is 36.9. The van der Waals surface area contributed by atoms with Gasteiger partial charge in [-0.3, -0.25) is 9.10 Å². The third-order valence-electron chi connectivity index (χ3n) is 4.42. The molecule has 0 unspecified atom stereocenters. The van der Waals surface area contributed by atoms with Crippen LogP contribution < -0.4 is 19.1 Å². The van der Waals surface area contributed by atoms with Gasteiger partial charge in [0.15, 0.2) is 11.5 Å². The number of amides is 1. The molecule has 0 saturated carbocycles. The summed E-state index contributed by atoms with van der Waals surface area (Å²) in [5, 5.41) is 2.88. The number of hydrogen-bond donors (Lipinski definition) is 1. The largest absolute Gasteiger partial charge is 0.486 e. The molecular formula is C21H26N2O5S2. The zero-order valence-electron chi connectivity index (χ0n) is 16.9. The van der Waals surface area contributed by atoms with Crippen LogP contribution in [0.25, 0.3) is 0 Å². The van der Waals surface area contributed by atoms with Crippen LogP contribution in [0.5, 0.6) is 11.5 Å². The van der Waals surface area contributed by atoms with Crippen molar-refractivity contribution in [3.63, 3.8) is 0 Å². The van der Waals surface area contributed by atoms with Crippen LogP contribution >= 0.6 is 11.8 Å². The first-order chi connectivity index (χ1) is 14.4. The second-order valence-electron chi connectivity index (χ2n) is 6.78. The maximum atomic E-state index is 12.3. The first-order valence-electron chi connectivity index (χ1n) is 9.75. The zero-order valence-corrected chi connectivity index (χ0v) is 18.5. The molecule has 0 bridgehead atoms. The summed E-state index contributed by atoms with van der Waals surface area (Å²) in [7, 11) is -3.49. The van der Waals surface area contributed by atoms with Gasteiger partial charge in [0.2, 0.25) is 15.9 Å². The van der Waals surface area contributed by atoms with Gasteiger partial charge in [0.05, 0.1) is 11.9 Å². The predicted octanol–water partition coefficient (Wildman–Crippen LogP) is 2.91.